The van der Waals surface area contributed by atoms with Gasteiger partial charge in [-0.25, -0.2) is 14.8 Å². The summed E-state index contributed by atoms with van der Waals surface area (Å²) in [5.41, 5.74) is 1.88. The summed E-state index contributed by atoms with van der Waals surface area (Å²) in [5.74, 6) is -0.154. The van der Waals surface area contributed by atoms with Gasteiger partial charge in [-0.1, -0.05) is 12.8 Å². The number of carbonyl (C=O) groups excluding carboxylic acids is 2. The zero-order valence-corrected chi connectivity index (χ0v) is 21.5. The summed E-state index contributed by atoms with van der Waals surface area (Å²) in [5, 5.41) is 14.8. The van der Waals surface area contributed by atoms with Crippen LogP contribution in [0.4, 0.5) is 10.6 Å². The zero-order valence-electron chi connectivity index (χ0n) is 21.5. The number of aromatic hydroxyl groups is 1. The van der Waals surface area contributed by atoms with Crippen molar-refractivity contribution in [3.8, 4) is 17.1 Å². The Bertz CT molecular complexity index is 1070. The molecule has 1 amide bonds. The van der Waals surface area contributed by atoms with Crippen molar-refractivity contribution in [2.75, 3.05) is 25.0 Å². The van der Waals surface area contributed by atoms with Crippen LogP contribution in [0.3, 0.4) is 0 Å². The fourth-order valence-electron chi connectivity index (χ4n) is 4.89. The van der Waals surface area contributed by atoms with E-state index in [0.717, 1.165) is 25.7 Å². The molecule has 2 aromatic rings. The lowest BCUT2D eigenvalue weighted by molar-refractivity contribution is -0.153. The minimum Gasteiger partial charge on any atom is -0.491 e. The van der Waals surface area contributed by atoms with Crippen LogP contribution >= 0.6 is 0 Å². The summed E-state index contributed by atoms with van der Waals surface area (Å²) < 4.78 is 12.6. The fourth-order valence-corrected chi connectivity index (χ4v) is 4.89. The van der Waals surface area contributed by atoms with Crippen molar-refractivity contribution in [3.05, 3.63) is 18.1 Å². The van der Waals surface area contributed by atoms with Crippen molar-refractivity contribution in [1.82, 2.24) is 24.6 Å². The highest BCUT2D eigenvalue weighted by molar-refractivity contribution is 5.73. The highest BCUT2D eigenvalue weighted by Crippen LogP contribution is 2.32. The second kappa shape index (κ2) is 11.1. The van der Waals surface area contributed by atoms with Gasteiger partial charge in [-0.15, -0.1) is 0 Å². The van der Waals surface area contributed by atoms with Crippen molar-refractivity contribution < 1.29 is 24.2 Å². The number of piperidine rings is 1. The summed E-state index contributed by atoms with van der Waals surface area (Å²) in [6, 6.07) is 0.227. The Morgan fingerprint density at radius 3 is 2.53 bits per heavy atom. The molecule has 36 heavy (non-hydrogen) atoms. The summed E-state index contributed by atoms with van der Waals surface area (Å²) in [6.07, 6.45) is 8.14. The Kier molecular flexibility index (Phi) is 7.95. The quantitative estimate of drug-likeness (QED) is 0.571. The molecule has 0 aromatic carbocycles. The monoisotopic (exact) mass is 500 g/mol. The molecule has 4 rings (SSSR count). The standard InChI is InChI=1S/C25H36N6O5/c1-16(2)36-24(33)17-9-11-31(12-10-17)22-23(32)26-14-20(28-22)19-13-27-30(4)21(19)15-35-25(34)29(3)18-7-5-6-8-18/h13-14,16-18H,5-12,15H2,1-4H3,(H,26,32). The maximum atomic E-state index is 12.6. The van der Waals surface area contributed by atoms with E-state index in [4.69, 9.17) is 9.47 Å². The van der Waals surface area contributed by atoms with Crippen LogP contribution in [-0.4, -0.2) is 74.1 Å². The molecule has 1 aliphatic carbocycles. The highest BCUT2D eigenvalue weighted by Gasteiger charge is 2.29. The van der Waals surface area contributed by atoms with Crippen molar-refractivity contribution in [1.29, 1.82) is 0 Å². The topological polar surface area (TPSA) is 123 Å². The second-order valence-corrected chi connectivity index (χ2v) is 9.88. The number of amides is 1. The normalized spacial score (nSPS) is 17.0. The van der Waals surface area contributed by atoms with E-state index in [2.05, 4.69) is 15.1 Å². The number of ether oxygens (including phenoxy) is 2. The summed E-state index contributed by atoms with van der Waals surface area (Å²) in [7, 11) is 3.56. The van der Waals surface area contributed by atoms with Gasteiger partial charge < -0.3 is 24.4 Å². The van der Waals surface area contributed by atoms with Crippen molar-refractivity contribution >= 4 is 17.9 Å². The van der Waals surface area contributed by atoms with Crippen molar-refractivity contribution in [2.45, 2.75) is 71.1 Å². The third-order valence-corrected chi connectivity index (χ3v) is 7.05. The van der Waals surface area contributed by atoms with Gasteiger partial charge in [0.2, 0.25) is 0 Å². The third kappa shape index (κ3) is 5.71. The first-order valence-corrected chi connectivity index (χ1v) is 12.7. The highest BCUT2D eigenvalue weighted by atomic mass is 16.6. The van der Waals surface area contributed by atoms with Crippen LogP contribution in [0.2, 0.25) is 0 Å². The average molecular weight is 501 g/mol. The number of rotatable bonds is 7. The molecule has 2 fully saturated rings. The van der Waals surface area contributed by atoms with Crippen LogP contribution in [-0.2, 0) is 27.9 Å². The number of hydrogen-bond donors (Lipinski definition) is 1. The molecule has 0 bridgehead atoms. The molecule has 0 spiro atoms. The average Bonchev–Trinajstić information content (AvgIpc) is 3.52. The molecule has 1 N–H and O–H groups in total. The van der Waals surface area contributed by atoms with Gasteiger partial charge in [0.15, 0.2) is 5.82 Å². The molecule has 1 saturated carbocycles. The molecule has 0 radical (unpaired) electrons. The predicted octanol–water partition coefficient (Wildman–Crippen LogP) is 3.26. The van der Waals surface area contributed by atoms with Crippen molar-refractivity contribution in [2.24, 2.45) is 13.0 Å². The van der Waals surface area contributed by atoms with Crippen molar-refractivity contribution in [3.63, 3.8) is 0 Å². The molecule has 196 valence electrons. The SMILES string of the molecule is CC(C)OC(=O)C1CCN(c2nc(-c3cnn(C)c3COC(=O)N(C)C3CCCC3)cnc2O)CC1. The van der Waals surface area contributed by atoms with E-state index in [0.29, 0.717) is 48.7 Å². The molecule has 3 heterocycles. The minimum atomic E-state index is -0.356. The molecule has 1 saturated heterocycles. The maximum absolute atomic E-state index is 12.6. The number of aryl methyl sites for hydroxylation is 1. The maximum Gasteiger partial charge on any atom is 0.410 e. The van der Waals surface area contributed by atoms with Gasteiger partial charge in [-0.05, 0) is 39.5 Å². The Hall–Kier alpha value is -3.37. The van der Waals surface area contributed by atoms with Gasteiger partial charge in [0, 0.05) is 38.8 Å². The molecular formula is C25H36N6O5. The minimum absolute atomic E-state index is 0.0446. The van der Waals surface area contributed by atoms with Gasteiger partial charge in [-0.2, -0.15) is 5.10 Å². The molecule has 1 aliphatic heterocycles. The number of anilines is 1. The smallest absolute Gasteiger partial charge is 0.410 e. The van der Waals surface area contributed by atoms with Crippen LogP contribution in [0.25, 0.3) is 11.3 Å². The molecule has 0 unspecified atom stereocenters. The lowest BCUT2D eigenvalue weighted by atomic mass is 9.97. The third-order valence-electron chi connectivity index (χ3n) is 7.05. The first-order chi connectivity index (χ1) is 17.2. The van der Waals surface area contributed by atoms with Gasteiger partial charge in [0.05, 0.1) is 35.8 Å². The van der Waals surface area contributed by atoms with E-state index < -0.39 is 0 Å². The zero-order chi connectivity index (χ0) is 25.8. The predicted molar refractivity (Wildman–Crippen MR) is 132 cm³/mol. The summed E-state index contributed by atoms with van der Waals surface area (Å²) in [4.78, 5) is 37.3. The number of esters is 1. The number of carbonyl (C=O) groups is 2. The Morgan fingerprint density at radius 1 is 1.17 bits per heavy atom. The number of hydrogen-bond acceptors (Lipinski definition) is 9. The van der Waals surface area contributed by atoms with Gasteiger partial charge in [0.1, 0.15) is 6.61 Å². The second-order valence-electron chi connectivity index (χ2n) is 9.88. The number of aromatic nitrogens is 4. The fraction of sp³-hybridized carbons (Fsp3) is 0.640. The Balaban J connectivity index is 1.45. The molecule has 2 aliphatic rings. The first kappa shape index (κ1) is 25.7. The summed E-state index contributed by atoms with van der Waals surface area (Å²) >= 11 is 0. The molecule has 0 atom stereocenters. The van der Waals surface area contributed by atoms with Crippen LogP contribution in [0.15, 0.2) is 12.4 Å². The molecule has 11 nitrogen and oxygen atoms in total. The number of nitrogens with zero attached hydrogens (tertiary/aromatic N) is 6. The molecule has 2 aromatic heterocycles. The van der Waals surface area contributed by atoms with Crippen LogP contribution in [0.1, 0.15) is 58.1 Å². The van der Waals surface area contributed by atoms with Crippen LogP contribution < -0.4 is 4.90 Å². The van der Waals surface area contributed by atoms with E-state index in [1.165, 1.54) is 6.20 Å². The lowest BCUT2D eigenvalue weighted by Crippen LogP contribution is -2.38. The molecule has 11 heteroatoms. The summed E-state index contributed by atoms with van der Waals surface area (Å²) in [6.45, 7) is 4.83. The largest absolute Gasteiger partial charge is 0.491 e. The van der Waals surface area contributed by atoms with E-state index in [-0.39, 0.29) is 42.6 Å². The van der Waals surface area contributed by atoms with Gasteiger partial charge in [-0.3, -0.25) is 9.48 Å². The van der Waals surface area contributed by atoms with E-state index in [1.807, 2.05) is 18.7 Å². The van der Waals surface area contributed by atoms with Gasteiger partial charge >= 0.3 is 12.1 Å². The Labute approximate surface area is 211 Å². The van der Waals surface area contributed by atoms with Gasteiger partial charge in [0.25, 0.3) is 5.88 Å². The van der Waals surface area contributed by atoms with E-state index >= 15 is 0 Å². The van der Waals surface area contributed by atoms with Crippen LogP contribution in [0, 0.1) is 5.92 Å². The van der Waals surface area contributed by atoms with E-state index in [1.54, 1.807) is 29.9 Å². The lowest BCUT2D eigenvalue weighted by Gasteiger charge is -2.32. The molecular weight excluding hydrogens is 464 g/mol. The Morgan fingerprint density at radius 2 is 1.86 bits per heavy atom. The first-order valence-electron chi connectivity index (χ1n) is 12.7. The van der Waals surface area contributed by atoms with Crippen LogP contribution in [0.5, 0.6) is 5.88 Å². The van der Waals surface area contributed by atoms with E-state index in [9.17, 15) is 14.7 Å².